The number of allylic oxidation sites excluding steroid dienone is 2. The summed E-state index contributed by atoms with van der Waals surface area (Å²) in [5.74, 6) is -5.53. The van der Waals surface area contributed by atoms with Gasteiger partial charge < -0.3 is 129 Å². The molecule has 0 bridgehead atoms. The standard InChI is InChI=1S/C90H127N21O25/c1-8-110-70(52-61(5)103-110)84(119)101-88-98-68-54-64(81(91)116)56-72(124-7)79(68)107(88)25-10-11-26-108-80-69(99-89(108)102-85(120)71-53-62(6)104-111(71)9-2)55-65(82(92)117)57-73(80)135-31-13-24-105-27-29-106(30-28-105)90(123)136-59-63-15-17-66(18-16-63)96-83(118)67(14-12-22-95-87(93)122)97-86(121)78(60(3)4)100-74(112)21-32-125-34-36-127-38-40-129-42-44-131-46-48-133-50-51-134-49-47-132-45-43-130-41-39-128-37-35-126-33-23-94-75(113)58-109-76(114)19-20-77(109)115/h10-11,15-20,52-57,60,67,78H,8-9,12-14,21-51,58-59H2,1-7H3,(H2,91,116)(H2,92,117)(H,94,113)(H,96,118)(H,97,121)(H,100,112)(H3,93,95,122)(H,98,101,119)(H,99,102,120)/b11-10+/t67-,78-/m0/s1. The van der Waals surface area contributed by atoms with Crippen molar-refractivity contribution in [2.45, 2.75) is 112 Å². The van der Waals surface area contributed by atoms with E-state index in [4.69, 9.17) is 78.8 Å². The second-order valence-corrected chi connectivity index (χ2v) is 31.4. The van der Waals surface area contributed by atoms with Crippen molar-refractivity contribution in [3.8, 4) is 11.5 Å². The highest BCUT2D eigenvalue weighted by Crippen LogP contribution is 2.29. The molecule has 3 aromatic carbocycles. The number of nitrogens with two attached hydrogens (primary N) is 3. The number of anilines is 1. The Labute approximate surface area is 785 Å². The molecule has 0 radical (unpaired) electrons. The molecule has 2 aliphatic heterocycles. The number of imide groups is 1. The smallest absolute Gasteiger partial charge is 0.410 e. The van der Waals surface area contributed by atoms with E-state index in [1.54, 1.807) is 99.6 Å². The van der Waals surface area contributed by atoms with Gasteiger partial charge in [-0.25, -0.2) is 9.59 Å². The predicted octanol–water partition coefficient (Wildman–Crippen LogP) is 1.58. The van der Waals surface area contributed by atoms with Gasteiger partial charge in [0.2, 0.25) is 46.7 Å². The van der Waals surface area contributed by atoms with E-state index in [9.17, 15) is 57.5 Å². The number of urea groups is 1. The highest BCUT2D eigenvalue weighted by atomic mass is 16.6. The number of ether oxygens (including phenoxy) is 13. The van der Waals surface area contributed by atoms with Crippen LogP contribution in [-0.2, 0) is 114 Å². The minimum atomic E-state index is -1.10. The summed E-state index contributed by atoms with van der Waals surface area (Å²) < 4.78 is 79.8. The van der Waals surface area contributed by atoms with Crippen molar-refractivity contribution in [1.29, 1.82) is 0 Å². The van der Waals surface area contributed by atoms with Gasteiger partial charge in [0.05, 0.1) is 168 Å². The minimum Gasteiger partial charge on any atom is -0.494 e. The number of primary amides is 3. The van der Waals surface area contributed by atoms with Gasteiger partial charge in [0.25, 0.3) is 23.6 Å². The largest absolute Gasteiger partial charge is 0.494 e. The Morgan fingerprint density at radius 2 is 0.993 bits per heavy atom. The van der Waals surface area contributed by atoms with Crippen LogP contribution in [0, 0.1) is 19.8 Å². The lowest BCUT2D eigenvalue weighted by Crippen LogP contribution is -2.54. The summed E-state index contributed by atoms with van der Waals surface area (Å²) in [6.45, 7) is 21.0. The van der Waals surface area contributed by atoms with Crippen molar-refractivity contribution in [3.63, 3.8) is 0 Å². The van der Waals surface area contributed by atoms with E-state index in [0.29, 0.717) is 203 Å². The van der Waals surface area contributed by atoms with Crippen molar-refractivity contribution in [1.82, 2.24) is 74.6 Å². The number of carbonyl (C=O) groups is 12. The average molecular weight is 1900 g/mol. The molecule has 4 aromatic heterocycles. The number of nitrogens with zero attached hydrogens (tertiary/aromatic N) is 11. The van der Waals surface area contributed by atoms with Crippen LogP contribution in [-0.4, -0.2) is 335 Å². The Morgan fingerprint density at radius 1 is 0.529 bits per heavy atom. The zero-order valence-electron chi connectivity index (χ0n) is 78.0. The SMILES string of the molecule is CCn1nc(C)cc1C(=O)N=c1[nH]c2cc(C(N)=O)cc(OC)c2n1C/C=C/Cn1c(=NC(=O)c2cc(C)nn2CC)[nH]c2cc(C(N)=O)cc(OCCCN3CCN(C(=O)OCc4ccc(NC(=O)[C@H](CCCNC(N)=O)NC(=O)[C@@H](NC(=O)CCOCCOCCOCCOCCOCCOCCOCCOCCOCCOCCNC(=O)CN5C(=O)C=CC5=O)C(C)C)cc4)CC3)c21. The molecule has 2 atom stereocenters. The number of carbonyl (C=O) groups excluding carboxylic acids is 12. The summed E-state index contributed by atoms with van der Waals surface area (Å²) in [4.78, 5) is 174. The molecule has 46 nitrogen and oxygen atoms in total. The Balaban J connectivity index is 0.637. The van der Waals surface area contributed by atoms with E-state index in [1.807, 2.05) is 26.0 Å². The van der Waals surface area contributed by atoms with Crippen LogP contribution in [0.1, 0.15) is 112 Å². The van der Waals surface area contributed by atoms with Gasteiger partial charge in [0.1, 0.15) is 59.2 Å². The van der Waals surface area contributed by atoms with Gasteiger partial charge in [-0.15, -0.1) is 0 Å². The summed E-state index contributed by atoms with van der Waals surface area (Å²) >= 11 is 0. The summed E-state index contributed by atoms with van der Waals surface area (Å²) in [5, 5.41) is 22.3. The Bertz CT molecular complexity index is 5340. The van der Waals surface area contributed by atoms with Gasteiger partial charge >= 0.3 is 12.1 Å². The number of fused-ring (bicyclic) bond motifs is 2. The molecule has 1 fully saturated rings. The molecule has 46 heteroatoms. The fraction of sp³-hybridized carbons (Fsp3) is 0.533. The summed E-state index contributed by atoms with van der Waals surface area (Å²) in [7, 11) is 1.44. The van der Waals surface area contributed by atoms with Crippen molar-refractivity contribution in [2.75, 3.05) is 204 Å². The second-order valence-electron chi connectivity index (χ2n) is 31.4. The normalized spacial score (nSPS) is 13.6. The average Bonchev–Trinajstić information content (AvgIpc) is 1.64. The predicted molar refractivity (Wildman–Crippen MR) is 491 cm³/mol. The quantitative estimate of drug-likeness (QED) is 0.0147. The fourth-order valence-electron chi connectivity index (χ4n) is 14.1. The molecule has 2 aliphatic rings. The first-order valence-electron chi connectivity index (χ1n) is 45.2. The van der Waals surface area contributed by atoms with Crippen LogP contribution in [0.2, 0.25) is 0 Å². The summed E-state index contributed by atoms with van der Waals surface area (Å²) in [5.41, 5.74) is 21.9. The molecular formula is C90H127N21O25. The maximum atomic E-state index is 14.1. The van der Waals surface area contributed by atoms with Gasteiger partial charge in [0.15, 0.2) is 0 Å². The fourth-order valence-corrected chi connectivity index (χ4v) is 14.1. The number of benzene rings is 3. The number of aromatic nitrogens is 8. The number of methoxy groups -OCH3 is 1. The monoisotopic (exact) mass is 1900 g/mol. The molecule has 0 spiro atoms. The number of nitrogens with one attached hydrogen (secondary N) is 7. The number of H-pyrrole nitrogens is 2. The molecule has 136 heavy (non-hydrogen) atoms. The molecular weight excluding hydrogens is 1780 g/mol. The van der Waals surface area contributed by atoms with Crippen LogP contribution in [0.5, 0.6) is 11.5 Å². The first-order chi connectivity index (χ1) is 65.7. The number of hydrogen-bond donors (Lipinski definition) is 10. The zero-order valence-corrected chi connectivity index (χ0v) is 78.0. The van der Waals surface area contributed by atoms with Crippen molar-refractivity contribution < 1.29 is 119 Å². The third-order valence-electron chi connectivity index (χ3n) is 21.0. The summed E-state index contributed by atoms with van der Waals surface area (Å²) in [6, 6.07) is 13.2. The molecule has 13 amide bonds. The van der Waals surface area contributed by atoms with E-state index in [2.05, 4.69) is 61.6 Å². The maximum absolute atomic E-state index is 14.1. The molecule has 0 aliphatic carbocycles. The molecule has 0 saturated carbocycles. The Morgan fingerprint density at radius 3 is 1.45 bits per heavy atom. The van der Waals surface area contributed by atoms with Gasteiger partial charge in [0, 0.05) is 107 Å². The Hall–Kier alpha value is -12.9. The lowest BCUT2D eigenvalue weighted by atomic mass is 10.0. The molecule has 742 valence electrons. The highest BCUT2D eigenvalue weighted by Gasteiger charge is 2.31. The van der Waals surface area contributed by atoms with E-state index in [0.717, 1.165) is 17.1 Å². The number of imidazole rings is 2. The van der Waals surface area contributed by atoms with Crippen LogP contribution in [0.4, 0.5) is 15.3 Å². The highest BCUT2D eigenvalue weighted by molar-refractivity contribution is 6.14. The van der Waals surface area contributed by atoms with Crippen LogP contribution >= 0.6 is 0 Å². The lowest BCUT2D eigenvalue weighted by molar-refractivity contribution is -0.141. The zero-order chi connectivity index (χ0) is 97.7. The molecule has 9 rings (SSSR count). The number of piperazine rings is 1. The van der Waals surface area contributed by atoms with Gasteiger partial charge in [-0.3, -0.25) is 67.1 Å². The molecule has 13 N–H and O–H groups in total. The van der Waals surface area contributed by atoms with Crippen molar-refractivity contribution in [2.24, 2.45) is 33.1 Å². The number of amides is 13. The van der Waals surface area contributed by atoms with E-state index < -0.39 is 83.3 Å². The lowest BCUT2D eigenvalue weighted by Gasteiger charge is -2.34. The van der Waals surface area contributed by atoms with Crippen molar-refractivity contribution >= 4 is 99.0 Å². The second kappa shape index (κ2) is 57.1. The topological polar surface area (TPSA) is 575 Å². The first kappa shape index (κ1) is 107. The molecule has 1 saturated heterocycles. The summed E-state index contributed by atoms with van der Waals surface area (Å²) in [6.07, 6.45) is 6.17. The molecule has 0 unspecified atom stereocenters. The number of rotatable bonds is 63. The van der Waals surface area contributed by atoms with Gasteiger partial charge in [-0.2, -0.15) is 20.2 Å². The number of hydrogen-bond acceptors (Lipinski definition) is 28. The number of aryl methyl sites for hydroxylation is 4. The van der Waals surface area contributed by atoms with Gasteiger partial charge in [-0.05, 0) is 107 Å². The van der Waals surface area contributed by atoms with E-state index in [1.165, 1.54) is 19.2 Å². The van der Waals surface area contributed by atoms with Crippen LogP contribution in [0.15, 0.2) is 95.0 Å². The van der Waals surface area contributed by atoms with Crippen molar-refractivity contribution in [3.05, 3.63) is 136 Å². The minimum absolute atomic E-state index is 0.0521. The maximum Gasteiger partial charge on any atom is 0.410 e. The first-order valence-corrected chi connectivity index (χ1v) is 45.2. The Kier molecular flexibility index (Phi) is 44.8. The van der Waals surface area contributed by atoms with E-state index in [-0.39, 0.29) is 143 Å². The van der Waals surface area contributed by atoms with Crippen LogP contribution < -0.4 is 64.5 Å². The molecule has 6 heterocycles. The van der Waals surface area contributed by atoms with Crippen LogP contribution in [0.3, 0.4) is 0 Å². The van der Waals surface area contributed by atoms with E-state index >= 15 is 0 Å². The van der Waals surface area contributed by atoms with Crippen LogP contribution in [0.25, 0.3) is 22.1 Å². The van der Waals surface area contributed by atoms with Gasteiger partial charge in [-0.1, -0.05) is 38.1 Å². The molecule has 7 aromatic rings. The number of aromatic amines is 2. The third-order valence-corrected chi connectivity index (χ3v) is 21.0. The third kappa shape index (κ3) is 34.8.